The molecule has 18 heavy (non-hydrogen) atoms. The van der Waals surface area contributed by atoms with Gasteiger partial charge in [0, 0.05) is 19.5 Å². The number of hydrogen-bond donors (Lipinski definition) is 0. The number of aryl methyl sites for hydroxylation is 1. The van der Waals surface area contributed by atoms with Crippen LogP contribution in [-0.4, -0.2) is 23.9 Å². The molecular formula is C16H23NO. The van der Waals surface area contributed by atoms with Gasteiger partial charge in [0.15, 0.2) is 0 Å². The van der Waals surface area contributed by atoms with Gasteiger partial charge in [0.2, 0.25) is 5.91 Å². The summed E-state index contributed by atoms with van der Waals surface area (Å²) in [6.07, 6.45) is 5.11. The van der Waals surface area contributed by atoms with Crippen LogP contribution in [-0.2, 0) is 11.2 Å². The molecule has 1 aliphatic heterocycles. The molecule has 1 unspecified atom stereocenters. The van der Waals surface area contributed by atoms with Gasteiger partial charge in [-0.15, -0.1) is 0 Å². The Kier molecular flexibility index (Phi) is 4.80. The van der Waals surface area contributed by atoms with Gasteiger partial charge in [-0.05, 0) is 37.2 Å². The van der Waals surface area contributed by atoms with Gasteiger partial charge in [0.05, 0.1) is 0 Å². The maximum absolute atomic E-state index is 12.2. The first kappa shape index (κ1) is 13.1. The molecule has 0 spiro atoms. The minimum Gasteiger partial charge on any atom is -0.343 e. The van der Waals surface area contributed by atoms with E-state index in [1.807, 2.05) is 18.2 Å². The number of hydrogen-bond acceptors (Lipinski definition) is 1. The van der Waals surface area contributed by atoms with Crippen LogP contribution >= 0.6 is 0 Å². The van der Waals surface area contributed by atoms with Crippen molar-refractivity contribution in [3.05, 3.63) is 35.9 Å². The van der Waals surface area contributed by atoms with Crippen molar-refractivity contribution in [2.45, 2.75) is 39.0 Å². The zero-order valence-electron chi connectivity index (χ0n) is 11.3. The second kappa shape index (κ2) is 6.58. The van der Waals surface area contributed by atoms with E-state index >= 15 is 0 Å². The van der Waals surface area contributed by atoms with Gasteiger partial charge in [-0.1, -0.05) is 37.3 Å². The Morgan fingerprint density at radius 3 is 2.78 bits per heavy atom. The van der Waals surface area contributed by atoms with E-state index in [9.17, 15) is 4.79 Å². The van der Waals surface area contributed by atoms with Crippen molar-refractivity contribution in [1.29, 1.82) is 0 Å². The maximum atomic E-state index is 12.2. The Bertz CT molecular complexity index is 374. The normalized spacial score (nSPS) is 20.5. The van der Waals surface area contributed by atoms with Crippen molar-refractivity contribution in [1.82, 2.24) is 4.90 Å². The number of carbonyl (C=O) groups excluding carboxylic acids is 1. The average molecular weight is 245 g/mol. The van der Waals surface area contributed by atoms with E-state index in [-0.39, 0.29) is 0 Å². The largest absolute Gasteiger partial charge is 0.343 e. The fraction of sp³-hybridized carbons (Fsp3) is 0.562. The average Bonchev–Trinajstić information content (AvgIpc) is 2.62. The molecule has 1 atom stereocenters. The summed E-state index contributed by atoms with van der Waals surface area (Å²) in [5.41, 5.74) is 1.26. The second-order valence-corrected chi connectivity index (χ2v) is 5.40. The van der Waals surface area contributed by atoms with Crippen LogP contribution in [0.15, 0.2) is 30.3 Å². The standard InChI is InChI=1S/C16H23NO/c1-14-6-5-12-17(13-11-14)16(18)10-9-15-7-3-2-4-8-15/h2-4,7-8,14H,5-6,9-13H2,1H3. The lowest BCUT2D eigenvalue weighted by molar-refractivity contribution is -0.131. The predicted molar refractivity (Wildman–Crippen MR) is 74.4 cm³/mol. The summed E-state index contributed by atoms with van der Waals surface area (Å²) in [7, 11) is 0. The number of carbonyl (C=O) groups is 1. The summed E-state index contributed by atoms with van der Waals surface area (Å²) in [4.78, 5) is 14.2. The number of nitrogens with zero attached hydrogens (tertiary/aromatic N) is 1. The summed E-state index contributed by atoms with van der Waals surface area (Å²) in [5.74, 6) is 1.10. The lowest BCUT2D eigenvalue weighted by Crippen LogP contribution is -2.32. The lowest BCUT2D eigenvalue weighted by atomic mass is 10.0. The molecule has 1 saturated heterocycles. The molecule has 1 fully saturated rings. The number of amides is 1. The molecule has 1 heterocycles. The number of rotatable bonds is 3. The van der Waals surface area contributed by atoms with E-state index in [0.29, 0.717) is 12.3 Å². The van der Waals surface area contributed by atoms with Crippen LogP contribution in [0.1, 0.15) is 38.2 Å². The van der Waals surface area contributed by atoms with Crippen molar-refractivity contribution >= 4 is 5.91 Å². The molecule has 2 nitrogen and oxygen atoms in total. The zero-order chi connectivity index (χ0) is 12.8. The summed E-state index contributed by atoms with van der Waals surface area (Å²) >= 11 is 0. The van der Waals surface area contributed by atoms with Crippen LogP contribution < -0.4 is 0 Å². The third-order valence-electron chi connectivity index (χ3n) is 3.84. The minimum absolute atomic E-state index is 0.327. The SMILES string of the molecule is CC1CCCN(C(=O)CCc2ccccc2)CC1. The van der Waals surface area contributed by atoms with Crippen LogP contribution in [0.25, 0.3) is 0 Å². The predicted octanol–water partition coefficient (Wildman–Crippen LogP) is 3.27. The van der Waals surface area contributed by atoms with Crippen LogP contribution in [0.5, 0.6) is 0 Å². The van der Waals surface area contributed by atoms with E-state index in [2.05, 4.69) is 24.0 Å². The Morgan fingerprint density at radius 2 is 2.00 bits per heavy atom. The van der Waals surface area contributed by atoms with Crippen molar-refractivity contribution < 1.29 is 4.79 Å². The zero-order valence-corrected chi connectivity index (χ0v) is 11.3. The molecular weight excluding hydrogens is 222 g/mol. The number of likely N-dealkylation sites (tertiary alicyclic amines) is 1. The first-order chi connectivity index (χ1) is 8.75. The second-order valence-electron chi connectivity index (χ2n) is 5.40. The summed E-state index contributed by atoms with van der Waals surface area (Å²) in [6.45, 7) is 4.20. The highest BCUT2D eigenvalue weighted by molar-refractivity contribution is 5.76. The van der Waals surface area contributed by atoms with Gasteiger partial charge in [-0.3, -0.25) is 4.79 Å². The molecule has 98 valence electrons. The molecule has 0 aliphatic carbocycles. The Labute approximate surface area is 110 Å². The number of benzene rings is 1. The Morgan fingerprint density at radius 1 is 1.22 bits per heavy atom. The molecule has 0 aromatic heterocycles. The molecule has 1 aromatic carbocycles. The monoisotopic (exact) mass is 245 g/mol. The Balaban J connectivity index is 1.80. The van der Waals surface area contributed by atoms with Gasteiger partial charge < -0.3 is 4.90 Å². The molecule has 0 N–H and O–H groups in total. The Hall–Kier alpha value is -1.31. The molecule has 2 heteroatoms. The maximum Gasteiger partial charge on any atom is 0.222 e. The highest BCUT2D eigenvalue weighted by Crippen LogP contribution is 2.17. The van der Waals surface area contributed by atoms with Crippen LogP contribution in [0.4, 0.5) is 0 Å². The quantitative estimate of drug-likeness (QED) is 0.800. The topological polar surface area (TPSA) is 20.3 Å². The van der Waals surface area contributed by atoms with Gasteiger partial charge in [0.1, 0.15) is 0 Å². The highest BCUT2D eigenvalue weighted by Gasteiger charge is 2.17. The lowest BCUT2D eigenvalue weighted by Gasteiger charge is -2.20. The van der Waals surface area contributed by atoms with Crippen LogP contribution in [0.2, 0.25) is 0 Å². The summed E-state index contributed by atoms with van der Waals surface area (Å²) < 4.78 is 0. The highest BCUT2D eigenvalue weighted by atomic mass is 16.2. The molecule has 0 saturated carbocycles. The van der Waals surface area contributed by atoms with Crippen LogP contribution in [0, 0.1) is 5.92 Å². The van der Waals surface area contributed by atoms with E-state index < -0.39 is 0 Å². The minimum atomic E-state index is 0.327. The molecule has 1 amide bonds. The van der Waals surface area contributed by atoms with Crippen molar-refractivity contribution in [3.8, 4) is 0 Å². The van der Waals surface area contributed by atoms with E-state index in [4.69, 9.17) is 0 Å². The van der Waals surface area contributed by atoms with E-state index in [1.54, 1.807) is 0 Å². The van der Waals surface area contributed by atoms with Crippen LogP contribution in [0.3, 0.4) is 0 Å². The molecule has 1 aromatic rings. The third-order valence-corrected chi connectivity index (χ3v) is 3.84. The summed E-state index contributed by atoms with van der Waals surface area (Å²) in [5, 5.41) is 0. The van der Waals surface area contributed by atoms with E-state index in [1.165, 1.54) is 12.0 Å². The molecule has 0 radical (unpaired) electrons. The fourth-order valence-corrected chi connectivity index (χ4v) is 2.57. The van der Waals surface area contributed by atoms with Gasteiger partial charge in [0.25, 0.3) is 0 Å². The smallest absolute Gasteiger partial charge is 0.222 e. The molecule has 1 aliphatic rings. The first-order valence-electron chi connectivity index (χ1n) is 7.07. The van der Waals surface area contributed by atoms with Crippen molar-refractivity contribution in [2.24, 2.45) is 5.92 Å². The summed E-state index contributed by atoms with van der Waals surface area (Å²) in [6, 6.07) is 10.3. The van der Waals surface area contributed by atoms with Crippen molar-refractivity contribution in [3.63, 3.8) is 0 Å². The molecule has 2 rings (SSSR count). The third kappa shape index (κ3) is 3.86. The van der Waals surface area contributed by atoms with Gasteiger partial charge >= 0.3 is 0 Å². The van der Waals surface area contributed by atoms with Crippen molar-refractivity contribution in [2.75, 3.05) is 13.1 Å². The fourth-order valence-electron chi connectivity index (χ4n) is 2.57. The van der Waals surface area contributed by atoms with Gasteiger partial charge in [-0.2, -0.15) is 0 Å². The first-order valence-corrected chi connectivity index (χ1v) is 7.07. The molecule has 0 bridgehead atoms. The van der Waals surface area contributed by atoms with Gasteiger partial charge in [-0.25, -0.2) is 0 Å². The van der Waals surface area contributed by atoms with E-state index in [0.717, 1.165) is 38.3 Å².